The molecule has 3 heteroatoms. The molecule has 0 saturated heterocycles. The zero-order valence-electron chi connectivity index (χ0n) is 9.56. The van der Waals surface area contributed by atoms with Gasteiger partial charge in [0, 0.05) is 6.54 Å². The Bertz CT molecular complexity index is 335. The topological polar surface area (TPSA) is 37.4 Å². The van der Waals surface area contributed by atoms with Crippen LogP contribution in [0.2, 0.25) is 0 Å². The second-order valence-corrected chi connectivity index (χ2v) is 3.67. The highest BCUT2D eigenvalue weighted by molar-refractivity contribution is 5.80. The minimum Gasteiger partial charge on any atom is -0.335 e. The third-order valence-electron chi connectivity index (χ3n) is 2.34. The first kappa shape index (κ1) is 12.4. The smallest absolute Gasteiger partial charge is 0.227 e. The normalized spacial score (nSPS) is 9.81. The van der Waals surface area contributed by atoms with Crippen molar-refractivity contribution in [3.05, 3.63) is 35.9 Å². The Labute approximate surface area is 96.1 Å². The number of hydrogen-bond donors (Lipinski definition) is 0. The van der Waals surface area contributed by atoms with E-state index in [-0.39, 0.29) is 12.5 Å². The van der Waals surface area contributed by atoms with Gasteiger partial charge in [0.05, 0.1) is 13.0 Å². The molecule has 0 aliphatic carbocycles. The highest BCUT2D eigenvalue weighted by Gasteiger charge is 2.11. The number of nitrogens with zero attached hydrogens (tertiary/aromatic N) is 1. The van der Waals surface area contributed by atoms with E-state index in [1.54, 1.807) is 4.90 Å². The zero-order valence-corrected chi connectivity index (χ0v) is 9.56. The first-order chi connectivity index (χ1) is 7.77. The van der Waals surface area contributed by atoms with Crippen molar-refractivity contribution in [2.24, 2.45) is 0 Å². The van der Waals surface area contributed by atoms with Crippen LogP contribution in [0, 0.1) is 0 Å². The summed E-state index contributed by atoms with van der Waals surface area (Å²) in [5, 5.41) is 0. The summed E-state index contributed by atoms with van der Waals surface area (Å²) in [6, 6.07) is 9.58. The minimum atomic E-state index is 0.0140. The molecule has 1 rings (SSSR count). The largest absolute Gasteiger partial charge is 0.335 e. The van der Waals surface area contributed by atoms with Crippen molar-refractivity contribution in [2.45, 2.75) is 19.8 Å². The predicted octanol–water partition coefficient (Wildman–Crippen LogP) is 1.67. The summed E-state index contributed by atoms with van der Waals surface area (Å²) in [7, 11) is 0. The molecule has 0 heterocycles. The van der Waals surface area contributed by atoms with Gasteiger partial charge in [0.25, 0.3) is 0 Å². The van der Waals surface area contributed by atoms with Gasteiger partial charge in [-0.15, -0.1) is 0 Å². The summed E-state index contributed by atoms with van der Waals surface area (Å²) < 4.78 is 0. The first-order valence-electron chi connectivity index (χ1n) is 5.53. The molecule has 0 unspecified atom stereocenters. The van der Waals surface area contributed by atoms with E-state index in [9.17, 15) is 9.59 Å². The van der Waals surface area contributed by atoms with E-state index < -0.39 is 0 Å². The molecule has 86 valence electrons. The maximum Gasteiger partial charge on any atom is 0.227 e. The summed E-state index contributed by atoms with van der Waals surface area (Å²) in [5.41, 5.74) is 0.986. The van der Waals surface area contributed by atoms with Crippen LogP contribution in [0.25, 0.3) is 0 Å². The van der Waals surface area contributed by atoms with Gasteiger partial charge in [0.2, 0.25) is 5.91 Å². The maximum atomic E-state index is 11.9. The molecular formula is C13H17NO2. The van der Waals surface area contributed by atoms with Gasteiger partial charge < -0.3 is 9.69 Å². The minimum absolute atomic E-state index is 0.0140. The van der Waals surface area contributed by atoms with Gasteiger partial charge in [-0.3, -0.25) is 4.79 Å². The van der Waals surface area contributed by atoms with Crippen LogP contribution in [0.15, 0.2) is 30.3 Å². The van der Waals surface area contributed by atoms with E-state index in [0.717, 1.165) is 18.3 Å². The van der Waals surface area contributed by atoms with Crippen LogP contribution in [-0.2, 0) is 16.0 Å². The summed E-state index contributed by atoms with van der Waals surface area (Å²) in [4.78, 5) is 23.9. The van der Waals surface area contributed by atoms with Gasteiger partial charge in [-0.05, 0) is 12.0 Å². The van der Waals surface area contributed by atoms with Crippen LogP contribution in [0.3, 0.4) is 0 Å². The van der Waals surface area contributed by atoms with Gasteiger partial charge in [-0.1, -0.05) is 37.3 Å². The molecule has 16 heavy (non-hydrogen) atoms. The molecule has 0 saturated carbocycles. The van der Waals surface area contributed by atoms with E-state index in [4.69, 9.17) is 0 Å². The molecule has 3 nitrogen and oxygen atoms in total. The zero-order chi connectivity index (χ0) is 11.8. The fourth-order valence-corrected chi connectivity index (χ4v) is 1.56. The summed E-state index contributed by atoms with van der Waals surface area (Å²) in [6.07, 6.45) is 2.02. The van der Waals surface area contributed by atoms with Gasteiger partial charge in [-0.2, -0.15) is 0 Å². The van der Waals surface area contributed by atoms with Crippen LogP contribution in [0.1, 0.15) is 18.9 Å². The van der Waals surface area contributed by atoms with Crippen LogP contribution in [-0.4, -0.2) is 30.2 Å². The standard InChI is InChI=1S/C13H17NO2/c1-2-8-14(9-10-15)13(16)11-12-6-4-3-5-7-12/h3-7,10H,2,8-9,11H2,1H3. The molecule has 0 atom stereocenters. The summed E-state index contributed by atoms with van der Waals surface area (Å²) >= 11 is 0. The van der Waals surface area contributed by atoms with Crippen molar-refractivity contribution in [3.63, 3.8) is 0 Å². The van der Waals surface area contributed by atoms with Crippen LogP contribution in [0.5, 0.6) is 0 Å². The molecule has 1 aromatic carbocycles. The number of aldehydes is 1. The van der Waals surface area contributed by atoms with Crippen molar-refractivity contribution in [2.75, 3.05) is 13.1 Å². The highest BCUT2D eigenvalue weighted by Crippen LogP contribution is 2.03. The van der Waals surface area contributed by atoms with E-state index in [1.807, 2.05) is 37.3 Å². The molecule has 0 spiro atoms. The quantitative estimate of drug-likeness (QED) is 0.682. The highest BCUT2D eigenvalue weighted by atomic mass is 16.2. The van der Waals surface area contributed by atoms with Crippen molar-refractivity contribution in [1.29, 1.82) is 0 Å². The van der Waals surface area contributed by atoms with E-state index in [1.165, 1.54) is 0 Å². The SMILES string of the molecule is CCCN(CC=O)C(=O)Cc1ccccc1. The van der Waals surface area contributed by atoms with Crippen LogP contribution < -0.4 is 0 Å². The lowest BCUT2D eigenvalue weighted by atomic mass is 10.1. The lowest BCUT2D eigenvalue weighted by molar-refractivity contribution is -0.132. The molecule has 0 aromatic heterocycles. The molecule has 0 aliphatic heterocycles. The number of hydrogen-bond acceptors (Lipinski definition) is 2. The summed E-state index contributed by atoms with van der Waals surface area (Å²) in [6.45, 7) is 2.83. The second-order valence-electron chi connectivity index (χ2n) is 3.67. The van der Waals surface area contributed by atoms with Crippen LogP contribution >= 0.6 is 0 Å². The number of rotatable bonds is 6. The molecule has 0 N–H and O–H groups in total. The number of carbonyl (C=O) groups is 2. The molecule has 0 radical (unpaired) electrons. The molecule has 1 aromatic rings. The Morgan fingerprint density at radius 1 is 1.31 bits per heavy atom. The van der Waals surface area contributed by atoms with E-state index in [2.05, 4.69) is 0 Å². The lowest BCUT2D eigenvalue weighted by Crippen LogP contribution is -2.34. The van der Waals surface area contributed by atoms with Crippen molar-refractivity contribution < 1.29 is 9.59 Å². The second kappa shape index (κ2) is 6.77. The molecule has 0 aliphatic rings. The van der Waals surface area contributed by atoms with Gasteiger partial charge in [-0.25, -0.2) is 0 Å². The van der Waals surface area contributed by atoms with Crippen molar-refractivity contribution in [3.8, 4) is 0 Å². The van der Waals surface area contributed by atoms with Gasteiger partial charge >= 0.3 is 0 Å². The third kappa shape index (κ3) is 3.85. The van der Waals surface area contributed by atoms with E-state index >= 15 is 0 Å². The maximum absolute atomic E-state index is 11.9. The van der Waals surface area contributed by atoms with E-state index in [0.29, 0.717) is 13.0 Å². The van der Waals surface area contributed by atoms with Gasteiger partial charge in [0.15, 0.2) is 0 Å². The lowest BCUT2D eigenvalue weighted by Gasteiger charge is -2.19. The molecule has 0 bridgehead atoms. The van der Waals surface area contributed by atoms with Gasteiger partial charge in [0.1, 0.15) is 6.29 Å². The average molecular weight is 219 g/mol. The Morgan fingerprint density at radius 2 is 2.00 bits per heavy atom. The monoisotopic (exact) mass is 219 g/mol. The molecule has 0 fully saturated rings. The first-order valence-corrected chi connectivity index (χ1v) is 5.53. The van der Waals surface area contributed by atoms with Crippen molar-refractivity contribution in [1.82, 2.24) is 4.90 Å². The van der Waals surface area contributed by atoms with Crippen molar-refractivity contribution >= 4 is 12.2 Å². The Hall–Kier alpha value is -1.64. The van der Waals surface area contributed by atoms with Crippen LogP contribution in [0.4, 0.5) is 0 Å². The fourth-order valence-electron chi connectivity index (χ4n) is 1.56. The average Bonchev–Trinajstić information content (AvgIpc) is 2.30. The fraction of sp³-hybridized carbons (Fsp3) is 0.385. The number of amides is 1. The predicted molar refractivity (Wildman–Crippen MR) is 63.1 cm³/mol. The molecular weight excluding hydrogens is 202 g/mol. The molecule has 1 amide bonds. The summed E-state index contributed by atoms with van der Waals surface area (Å²) in [5.74, 6) is 0.0140. The Kier molecular flexibility index (Phi) is 5.26. The Balaban J connectivity index is 2.58. The number of benzene rings is 1. The third-order valence-corrected chi connectivity index (χ3v) is 2.34. The Morgan fingerprint density at radius 3 is 2.56 bits per heavy atom. The number of carbonyl (C=O) groups excluding carboxylic acids is 2.